The first-order chi connectivity index (χ1) is 12.7. The zero-order chi connectivity index (χ0) is 18.3. The monoisotopic (exact) mass is 351 g/mol. The van der Waals surface area contributed by atoms with E-state index in [-0.39, 0.29) is 5.82 Å². The molecule has 0 atom stereocenters. The number of hydrogen-bond acceptors (Lipinski definition) is 4. The molecule has 4 rings (SSSR count). The van der Waals surface area contributed by atoms with Crippen molar-refractivity contribution in [2.24, 2.45) is 0 Å². The Hall–Kier alpha value is -3.15. The van der Waals surface area contributed by atoms with E-state index >= 15 is 0 Å². The van der Waals surface area contributed by atoms with Crippen LogP contribution in [-0.4, -0.2) is 29.0 Å². The van der Waals surface area contributed by atoms with Crippen molar-refractivity contribution in [3.05, 3.63) is 48.4 Å². The first kappa shape index (κ1) is 16.3. The highest BCUT2D eigenvalue weighted by molar-refractivity contribution is 5.99. The third-order valence-electron chi connectivity index (χ3n) is 4.57. The first-order valence-electron chi connectivity index (χ1n) is 8.33. The molecule has 6 heteroatoms. The highest BCUT2D eigenvalue weighted by Crippen LogP contribution is 2.40. The SMILES string of the molecule is CCn1cc2c(-c3ccc(F)cc3)nnc-2c2cc(OC)c(OC)cc21. The molecule has 0 spiro atoms. The second-order valence-corrected chi connectivity index (χ2v) is 5.96. The summed E-state index contributed by atoms with van der Waals surface area (Å²) in [6.07, 6.45) is 2.03. The Morgan fingerprint density at radius 2 is 1.62 bits per heavy atom. The van der Waals surface area contributed by atoms with Gasteiger partial charge in [-0.15, -0.1) is 10.2 Å². The van der Waals surface area contributed by atoms with Gasteiger partial charge in [0, 0.05) is 35.3 Å². The molecule has 26 heavy (non-hydrogen) atoms. The van der Waals surface area contributed by atoms with E-state index in [1.807, 2.05) is 18.3 Å². The van der Waals surface area contributed by atoms with Crippen molar-refractivity contribution < 1.29 is 13.9 Å². The zero-order valence-electron chi connectivity index (χ0n) is 14.8. The molecule has 2 aromatic carbocycles. The van der Waals surface area contributed by atoms with Gasteiger partial charge >= 0.3 is 0 Å². The Kier molecular flexibility index (Phi) is 3.95. The molecule has 0 unspecified atom stereocenters. The van der Waals surface area contributed by atoms with Crippen LogP contribution < -0.4 is 9.47 Å². The summed E-state index contributed by atoms with van der Waals surface area (Å²) in [7, 11) is 3.23. The molecule has 0 saturated heterocycles. The van der Waals surface area contributed by atoms with Crippen LogP contribution >= 0.6 is 0 Å². The standard InChI is InChI=1S/C20H18FN3O2/c1-4-24-11-15-19(12-5-7-13(21)8-6-12)22-23-20(15)14-9-17(25-2)18(26-3)10-16(14)24/h5-11H,4H2,1-3H3. The van der Waals surface area contributed by atoms with E-state index in [1.165, 1.54) is 12.1 Å². The molecule has 132 valence electrons. The molecule has 0 radical (unpaired) electrons. The number of benzene rings is 2. The number of aryl methyl sites for hydroxylation is 1. The summed E-state index contributed by atoms with van der Waals surface area (Å²) in [4.78, 5) is 0. The summed E-state index contributed by atoms with van der Waals surface area (Å²) in [5, 5.41) is 9.69. The minimum atomic E-state index is -0.275. The van der Waals surface area contributed by atoms with Gasteiger partial charge in [-0.25, -0.2) is 4.39 Å². The quantitative estimate of drug-likeness (QED) is 0.547. The average molecular weight is 351 g/mol. The van der Waals surface area contributed by atoms with Crippen LogP contribution in [0.5, 0.6) is 11.5 Å². The van der Waals surface area contributed by atoms with Gasteiger partial charge in [0.15, 0.2) is 11.5 Å². The fraction of sp³-hybridized carbons (Fsp3) is 0.200. The summed E-state index contributed by atoms with van der Waals surface area (Å²) >= 11 is 0. The van der Waals surface area contributed by atoms with Crippen LogP contribution in [0.25, 0.3) is 33.4 Å². The van der Waals surface area contributed by atoms with Crippen molar-refractivity contribution in [1.82, 2.24) is 14.8 Å². The van der Waals surface area contributed by atoms with Crippen LogP contribution in [0.2, 0.25) is 0 Å². The zero-order valence-corrected chi connectivity index (χ0v) is 14.8. The lowest BCUT2D eigenvalue weighted by atomic mass is 10.0. The lowest BCUT2D eigenvalue weighted by Crippen LogP contribution is -2.02. The second kappa shape index (κ2) is 6.29. The van der Waals surface area contributed by atoms with Crippen molar-refractivity contribution in [2.75, 3.05) is 14.2 Å². The molecular formula is C20H18FN3O2. The lowest BCUT2D eigenvalue weighted by Gasteiger charge is -2.16. The highest BCUT2D eigenvalue weighted by atomic mass is 19.1. The fourth-order valence-electron chi connectivity index (χ4n) is 3.24. The van der Waals surface area contributed by atoms with Crippen LogP contribution in [0.15, 0.2) is 42.6 Å². The van der Waals surface area contributed by atoms with Gasteiger partial charge in [-0.2, -0.15) is 0 Å². The Morgan fingerprint density at radius 3 is 2.27 bits per heavy atom. The fourth-order valence-corrected chi connectivity index (χ4v) is 3.24. The maximum absolute atomic E-state index is 13.3. The molecule has 2 aliphatic rings. The van der Waals surface area contributed by atoms with E-state index in [9.17, 15) is 4.39 Å². The lowest BCUT2D eigenvalue weighted by molar-refractivity contribution is 0.355. The summed E-state index contributed by atoms with van der Waals surface area (Å²) in [6, 6.07) is 10.2. The van der Waals surface area contributed by atoms with Crippen molar-refractivity contribution in [1.29, 1.82) is 0 Å². The van der Waals surface area contributed by atoms with Gasteiger partial charge in [0.05, 0.1) is 19.7 Å². The maximum Gasteiger partial charge on any atom is 0.162 e. The minimum absolute atomic E-state index is 0.275. The van der Waals surface area contributed by atoms with Crippen molar-refractivity contribution in [3.63, 3.8) is 0 Å². The molecule has 2 aliphatic heterocycles. The van der Waals surface area contributed by atoms with Crippen LogP contribution in [0.4, 0.5) is 4.39 Å². The van der Waals surface area contributed by atoms with Crippen LogP contribution in [0, 0.1) is 5.82 Å². The van der Waals surface area contributed by atoms with Crippen molar-refractivity contribution in [2.45, 2.75) is 13.5 Å². The van der Waals surface area contributed by atoms with E-state index < -0.39 is 0 Å². The molecule has 2 heterocycles. The summed E-state index contributed by atoms with van der Waals surface area (Å²) in [5.41, 5.74) is 4.25. The summed E-state index contributed by atoms with van der Waals surface area (Å²) < 4.78 is 26.3. The van der Waals surface area contributed by atoms with Gasteiger partial charge < -0.3 is 14.0 Å². The predicted octanol–water partition coefficient (Wildman–Crippen LogP) is 4.38. The molecule has 0 amide bonds. The van der Waals surface area contributed by atoms with Crippen LogP contribution in [0.1, 0.15) is 6.92 Å². The van der Waals surface area contributed by atoms with Gasteiger partial charge in [-0.3, -0.25) is 0 Å². The van der Waals surface area contributed by atoms with Crippen molar-refractivity contribution in [3.8, 4) is 34.0 Å². The summed E-state index contributed by atoms with van der Waals surface area (Å²) in [6.45, 7) is 2.85. The Bertz CT molecular complexity index is 1060. The molecule has 0 N–H and O–H groups in total. The number of nitrogens with zero attached hydrogens (tertiary/aromatic N) is 3. The topological polar surface area (TPSA) is 49.2 Å². The molecule has 0 aromatic heterocycles. The van der Waals surface area contributed by atoms with Gasteiger partial charge in [-0.05, 0) is 37.3 Å². The van der Waals surface area contributed by atoms with E-state index in [0.29, 0.717) is 11.5 Å². The van der Waals surface area contributed by atoms with Crippen LogP contribution in [0.3, 0.4) is 0 Å². The third-order valence-corrected chi connectivity index (χ3v) is 4.57. The number of halogens is 1. The van der Waals surface area contributed by atoms with Gasteiger partial charge in [0.25, 0.3) is 0 Å². The Morgan fingerprint density at radius 1 is 0.962 bits per heavy atom. The number of hydrogen-bond donors (Lipinski definition) is 0. The molecule has 0 aliphatic carbocycles. The average Bonchev–Trinajstić information content (AvgIpc) is 3.10. The molecule has 0 saturated carbocycles. The largest absolute Gasteiger partial charge is 0.493 e. The smallest absolute Gasteiger partial charge is 0.162 e. The van der Waals surface area contributed by atoms with E-state index in [4.69, 9.17) is 9.47 Å². The molecule has 2 aromatic rings. The Labute approximate surface area is 150 Å². The number of fused-ring (bicyclic) bond motifs is 3. The normalized spacial score (nSPS) is 11.2. The number of methoxy groups -OCH3 is 2. The predicted molar refractivity (Wildman–Crippen MR) is 98.3 cm³/mol. The number of aromatic nitrogens is 3. The van der Waals surface area contributed by atoms with Crippen LogP contribution in [-0.2, 0) is 6.54 Å². The molecule has 0 fully saturated rings. The third kappa shape index (κ3) is 2.45. The summed E-state index contributed by atoms with van der Waals surface area (Å²) in [5.74, 6) is 1.03. The molecule has 5 nitrogen and oxygen atoms in total. The maximum atomic E-state index is 13.3. The minimum Gasteiger partial charge on any atom is -0.493 e. The van der Waals surface area contributed by atoms with Gasteiger partial charge in [0.1, 0.15) is 17.2 Å². The van der Waals surface area contributed by atoms with E-state index in [0.717, 1.165) is 40.0 Å². The molecular weight excluding hydrogens is 333 g/mol. The van der Waals surface area contributed by atoms with Gasteiger partial charge in [0.2, 0.25) is 0 Å². The molecule has 0 bridgehead atoms. The highest BCUT2D eigenvalue weighted by Gasteiger charge is 2.21. The number of ether oxygens (including phenoxy) is 2. The number of rotatable bonds is 4. The first-order valence-corrected chi connectivity index (χ1v) is 8.33. The Balaban J connectivity index is 2.01. The van der Waals surface area contributed by atoms with Crippen molar-refractivity contribution >= 4 is 10.9 Å². The van der Waals surface area contributed by atoms with E-state index in [2.05, 4.69) is 21.7 Å². The van der Waals surface area contributed by atoms with Gasteiger partial charge in [-0.1, -0.05) is 0 Å². The number of pyridine rings is 1. The second-order valence-electron chi connectivity index (χ2n) is 5.96. The van der Waals surface area contributed by atoms with E-state index in [1.54, 1.807) is 26.4 Å².